The van der Waals surface area contributed by atoms with Crippen molar-refractivity contribution in [2.75, 3.05) is 30.3 Å². The van der Waals surface area contributed by atoms with Crippen LogP contribution in [0.1, 0.15) is 27.2 Å². The van der Waals surface area contributed by atoms with Crippen LogP contribution in [0, 0.1) is 0 Å². The summed E-state index contributed by atoms with van der Waals surface area (Å²) in [6.07, 6.45) is 0.508. The first-order valence-corrected chi connectivity index (χ1v) is 9.57. The van der Waals surface area contributed by atoms with Crippen molar-refractivity contribution in [2.45, 2.75) is 33.2 Å². The zero-order valence-electron chi connectivity index (χ0n) is 11.3. The van der Waals surface area contributed by atoms with Gasteiger partial charge >= 0.3 is 0 Å². The van der Waals surface area contributed by atoms with E-state index >= 15 is 0 Å². The van der Waals surface area contributed by atoms with Gasteiger partial charge in [0.15, 0.2) is 9.84 Å². The highest BCUT2D eigenvalue weighted by molar-refractivity contribution is 7.91. The molecule has 0 saturated carbocycles. The fourth-order valence-corrected chi connectivity index (χ4v) is 3.13. The third-order valence-electron chi connectivity index (χ3n) is 2.32. The Kier molecular flexibility index (Phi) is 8.00. The molecule has 0 atom stereocenters. The van der Waals surface area contributed by atoms with E-state index in [1.54, 1.807) is 6.92 Å². The van der Waals surface area contributed by atoms with Gasteiger partial charge in [0.25, 0.3) is 0 Å². The first-order valence-electron chi connectivity index (χ1n) is 6.09. The SMILES string of the molecule is CCS(=O)(=O)CCNS(=O)(=O)CCCNC(C)C. The van der Waals surface area contributed by atoms with Gasteiger partial charge in [-0.1, -0.05) is 20.8 Å². The Morgan fingerprint density at radius 2 is 1.61 bits per heavy atom. The minimum absolute atomic E-state index is 0.0128. The van der Waals surface area contributed by atoms with Gasteiger partial charge in [-0.3, -0.25) is 0 Å². The van der Waals surface area contributed by atoms with E-state index in [1.807, 2.05) is 13.8 Å². The monoisotopic (exact) mass is 300 g/mol. The van der Waals surface area contributed by atoms with Gasteiger partial charge in [-0.2, -0.15) is 0 Å². The second kappa shape index (κ2) is 8.08. The van der Waals surface area contributed by atoms with E-state index in [2.05, 4.69) is 10.0 Å². The first kappa shape index (κ1) is 17.8. The molecule has 0 amide bonds. The Hall–Kier alpha value is -0.180. The van der Waals surface area contributed by atoms with Gasteiger partial charge in [-0.25, -0.2) is 21.6 Å². The number of nitrogens with one attached hydrogen (secondary N) is 2. The van der Waals surface area contributed by atoms with Crippen molar-refractivity contribution in [3.05, 3.63) is 0 Å². The number of sulfonamides is 1. The predicted molar refractivity (Wildman–Crippen MR) is 73.9 cm³/mol. The average Bonchev–Trinajstić information content (AvgIpc) is 2.24. The summed E-state index contributed by atoms with van der Waals surface area (Å²) in [5.41, 5.74) is 0. The molecule has 8 heteroatoms. The van der Waals surface area contributed by atoms with Crippen LogP contribution in [0.2, 0.25) is 0 Å². The molecule has 0 aromatic heterocycles. The van der Waals surface area contributed by atoms with Gasteiger partial charge in [0.05, 0.1) is 11.5 Å². The predicted octanol–water partition coefficient (Wildman–Crippen LogP) is -0.271. The van der Waals surface area contributed by atoms with E-state index in [0.717, 1.165) is 0 Å². The number of hydrogen-bond donors (Lipinski definition) is 2. The Bertz CT molecular complexity index is 415. The molecule has 0 aliphatic carbocycles. The molecular weight excluding hydrogens is 276 g/mol. The third-order valence-corrected chi connectivity index (χ3v) is 5.49. The summed E-state index contributed by atoms with van der Waals surface area (Å²) in [7, 11) is -6.48. The molecule has 0 aromatic carbocycles. The maximum atomic E-state index is 11.5. The van der Waals surface area contributed by atoms with Crippen LogP contribution < -0.4 is 10.0 Å². The standard InChI is InChI=1S/C10H24N2O4S2/c1-4-17(13,14)9-7-12-18(15,16)8-5-6-11-10(2)3/h10-12H,4-9H2,1-3H3. The lowest BCUT2D eigenvalue weighted by Crippen LogP contribution is -2.33. The molecule has 0 heterocycles. The second-order valence-corrected chi connectivity index (χ2v) is 8.81. The largest absolute Gasteiger partial charge is 0.314 e. The van der Waals surface area contributed by atoms with E-state index in [0.29, 0.717) is 19.0 Å². The number of rotatable bonds is 10. The number of hydrogen-bond acceptors (Lipinski definition) is 5. The molecule has 2 N–H and O–H groups in total. The molecule has 0 spiro atoms. The van der Waals surface area contributed by atoms with Gasteiger partial charge in [0.2, 0.25) is 10.0 Å². The van der Waals surface area contributed by atoms with E-state index in [-0.39, 0.29) is 23.8 Å². The van der Waals surface area contributed by atoms with E-state index in [4.69, 9.17) is 0 Å². The molecule has 0 fully saturated rings. The Labute approximate surface area is 111 Å². The molecule has 0 radical (unpaired) electrons. The smallest absolute Gasteiger partial charge is 0.211 e. The molecule has 0 unspecified atom stereocenters. The summed E-state index contributed by atoms with van der Waals surface area (Å²) in [5, 5.41) is 3.12. The molecular formula is C10H24N2O4S2. The normalized spacial score (nSPS) is 13.1. The molecule has 0 saturated heterocycles. The quantitative estimate of drug-likeness (QED) is 0.542. The Morgan fingerprint density at radius 1 is 1.00 bits per heavy atom. The summed E-state index contributed by atoms with van der Waals surface area (Å²) in [5.74, 6) is -0.0983. The lowest BCUT2D eigenvalue weighted by molar-refractivity contribution is 0.561. The minimum atomic E-state index is -3.36. The average molecular weight is 300 g/mol. The molecule has 0 aliphatic rings. The van der Waals surface area contributed by atoms with Crippen LogP contribution in [0.25, 0.3) is 0 Å². The molecule has 18 heavy (non-hydrogen) atoms. The van der Waals surface area contributed by atoms with Crippen molar-refractivity contribution >= 4 is 19.9 Å². The van der Waals surface area contributed by atoms with Crippen LogP contribution >= 0.6 is 0 Å². The summed E-state index contributed by atoms with van der Waals surface area (Å²) in [4.78, 5) is 0. The summed E-state index contributed by atoms with van der Waals surface area (Å²) < 4.78 is 47.7. The first-order chi connectivity index (χ1) is 8.18. The van der Waals surface area contributed by atoms with Crippen LogP contribution in [-0.2, 0) is 19.9 Å². The van der Waals surface area contributed by atoms with E-state index in [9.17, 15) is 16.8 Å². The number of sulfone groups is 1. The van der Waals surface area contributed by atoms with Crippen LogP contribution in [0.15, 0.2) is 0 Å². The topological polar surface area (TPSA) is 92.3 Å². The Balaban J connectivity index is 3.88. The van der Waals surface area contributed by atoms with Crippen LogP contribution in [0.4, 0.5) is 0 Å². The highest BCUT2D eigenvalue weighted by Gasteiger charge is 2.12. The molecule has 0 aliphatic heterocycles. The van der Waals surface area contributed by atoms with Gasteiger partial charge in [-0.05, 0) is 13.0 Å². The van der Waals surface area contributed by atoms with Crippen molar-refractivity contribution in [1.29, 1.82) is 0 Å². The van der Waals surface area contributed by atoms with Gasteiger partial charge in [0.1, 0.15) is 0 Å². The second-order valence-electron chi connectivity index (χ2n) is 4.41. The van der Waals surface area contributed by atoms with E-state index < -0.39 is 19.9 Å². The van der Waals surface area contributed by atoms with Crippen molar-refractivity contribution in [1.82, 2.24) is 10.0 Å². The molecule has 0 bridgehead atoms. The fraction of sp³-hybridized carbons (Fsp3) is 1.00. The van der Waals surface area contributed by atoms with Crippen molar-refractivity contribution in [3.63, 3.8) is 0 Å². The molecule has 0 aromatic rings. The summed E-state index contributed by atoms with van der Waals surface area (Å²) in [6.45, 7) is 6.11. The van der Waals surface area contributed by atoms with Crippen LogP contribution in [0.3, 0.4) is 0 Å². The van der Waals surface area contributed by atoms with Crippen LogP contribution in [0.5, 0.6) is 0 Å². The highest BCUT2D eigenvalue weighted by atomic mass is 32.2. The molecule has 0 rings (SSSR count). The Morgan fingerprint density at radius 3 is 2.11 bits per heavy atom. The summed E-state index contributed by atoms with van der Waals surface area (Å²) in [6, 6.07) is 0.329. The lowest BCUT2D eigenvalue weighted by Gasteiger charge is -2.09. The summed E-state index contributed by atoms with van der Waals surface area (Å²) >= 11 is 0. The highest BCUT2D eigenvalue weighted by Crippen LogP contribution is 1.92. The maximum absolute atomic E-state index is 11.5. The lowest BCUT2D eigenvalue weighted by atomic mass is 10.4. The van der Waals surface area contributed by atoms with Crippen LogP contribution in [-0.4, -0.2) is 53.2 Å². The van der Waals surface area contributed by atoms with Crippen molar-refractivity contribution < 1.29 is 16.8 Å². The van der Waals surface area contributed by atoms with Gasteiger partial charge < -0.3 is 5.32 Å². The van der Waals surface area contributed by atoms with E-state index in [1.165, 1.54) is 0 Å². The maximum Gasteiger partial charge on any atom is 0.211 e. The van der Waals surface area contributed by atoms with Crippen molar-refractivity contribution in [3.8, 4) is 0 Å². The zero-order chi connectivity index (χ0) is 14.2. The zero-order valence-corrected chi connectivity index (χ0v) is 12.9. The van der Waals surface area contributed by atoms with Crippen molar-refractivity contribution in [2.24, 2.45) is 0 Å². The third kappa shape index (κ3) is 9.81. The molecule has 6 nitrogen and oxygen atoms in total. The fourth-order valence-electron chi connectivity index (χ4n) is 1.22. The van der Waals surface area contributed by atoms with Gasteiger partial charge in [0, 0.05) is 18.3 Å². The minimum Gasteiger partial charge on any atom is -0.314 e. The van der Waals surface area contributed by atoms with Gasteiger partial charge in [-0.15, -0.1) is 0 Å². The molecule has 110 valence electrons.